The highest BCUT2D eigenvalue weighted by Gasteiger charge is 2.20. The Morgan fingerprint density at radius 2 is 1.86 bits per heavy atom. The van der Waals surface area contributed by atoms with Crippen LogP contribution in [-0.4, -0.2) is 48.4 Å². The summed E-state index contributed by atoms with van der Waals surface area (Å²) in [5, 5.41) is 0. The molecular weight excluding hydrogens is 362 g/mol. The van der Waals surface area contributed by atoms with Crippen molar-refractivity contribution >= 4 is 33.2 Å². The lowest BCUT2D eigenvalue weighted by Crippen LogP contribution is -2.48. The van der Waals surface area contributed by atoms with Gasteiger partial charge in [-0.3, -0.25) is 9.69 Å². The number of hydrogen-bond donors (Lipinski definition) is 1. The van der Waals surface area contributed by atoms with Crippen molar-refractivity contribution in [3.05, 3.63) is 20.8 Å². The smallest absolute Gasteiger partial charge is 0.222 e. The number of carbonyl (C=O) groups is 1. The van der Waals surface area contributed by atoms with Crippen molar-refractivity contribution in [2.75, 3.05) is 32.7 Å². The molecule has 1 aliphatic rings. The molecule has 0 atom stereocenters. The van der Waals surface area contributed by atoms with Gasteiger partial charge in [-0.25, -0.2) is 0 Å². The highest BCUT2D eigenvalue weighted by atomic mass is 79.9. The molecule has 124 valence electrons. The molecule has 0 aromatic carbocycles. The van der Waals surface area contributed by atoms with Gasteiger partial charge in [0.1, 0.15) is 0 Å². The number of amides is 1. The van der Waals surface area contributed by atoms with Crippen molar-refractivity contribution in [3.63, 3.8) is 0 Å². The lowest BCUT2D eigenvalue weighted by molar-refractivity contribution is -0.133. The summed E-state index contributed by atoms with van der Waals surface area (Å²) < 4.78 is 1.19. The van der Waals surface area contributed by atoms with Gasteiger partial charge in [-0.15, -0.1) is 11.3 Å². The Kier molecular flexibility index (Phi) is 7.86. The number of rotatable bonds is 8. The summed E-state index contributed by atoms with van der Waals surface area (Å²) >= 11 is 5.30. The summed E-state index contributed by atoms with van der Waals surface area (Å²) in [7, 11) is 0. The third-order valence-electron chi connectivity index (χ3n) is 4.08. The van der Waals surface area contributed by atoms with E-state index in [4.69, 9.17) is 5.73 Å². The van der Waals surface area contributed by atoms with Crippen LogP contribution in [0.1, 0.15) is 37.0 Å². The van der Waals surface area contributed by atoms with E-state index in [1.807, 2.05) is 4.90 Å². The zero-order valence-corrected chi connectivity index (χ0v) is 15.5. The van der Waals surface area contributed by atoms with Crippen LogP contribution < -0.4 is 5.73 Å². The number of halogens is 1. The van der Waals surface area contributed by atoms with Gasteiger partial charge in [0.15, 0.2) is 0 Å². The first-order valence-corrected chi connectivity index (χ1v) is 9.74. The highest BCUT2D eigenvalue weighted by molar-refractivity contribution is 9.11. The average Bonchev–Trinajstić information content (AvgIpc) is 2.93. The summed E-state index contributed by atoms with van der Waals surface area (Å²) in [5.41, 5.74) is 5.48. The summed E-state index contributed by atoms with van der Waals surface area (Å²) in [6, 6.07) is 4.28. The standard InChI is InChI=1S/C16H26BrN3OS/c17-15-7-6-14(22-15)13-19-9-11-20(12-10-19)16(21)5-3-1-2-4-8-18/h6-7H,1-5,8-13,18H2. The molecular formula is C16H26BrN3OS. The van der Waals surface area contributed by atoms with Crippen LogP contribution in [0.4, 0.5) is 0 Å². The number of nitrogens with zero attached hydrogens (tertiary/aromatic N) is 2. The first-order valence-electron chi connectivity index (χ1n) is 8.13. The Labute approximate surface area is 145 Å². The molecule has 0 saturated carbocycles. The van der Waals surface area contributed by atoms with Gasteiger partial charge in [0.25, 0.3) is 0 Å². The molecule has 22 heavy (non-hydrogen) atoms. The van der Waals surface area contributed by atoms with Gasteiger partial charge < -0.3 is 10.6 Å². The minimum Gasteiger partial charge on any atom is -0.340 e. The zero-order valence-electron chi connectivity index (χ0n) is 13.1. The lowest BCUT2D eigenvalue weighted by Gasteiger charge is -2.34. The largest absolute Gasteiger partial charge is 0.340 e. The normalized spacial score (nSPS) is 16.2. The van der Waals surface area contributed by atoms with Gasteiger partial charge in [-0.05, 0) is 47.4 Å². The first kappa shape index (κ1) is 17.9. The molecule has 2 heterocycles. The molecule has 1 aromatic heterocycles. The predicted molar refractivity (Wildman–Crippen MR) is 96.0 cm³/mol. The first-order chi connectivity index (χ1) is 10.7. The number of unbranched alkanes of at least 4 members (excludes halogenated alkanes) is 3. The highest BCUT2D eigenvalue weighted by Crippen LogP contribution is 2.23. The Morgan fingerprint density at radius 3 is 2.50 bits per heavy atom. The summed E-state index contributed by atoms with van der Waals surface area (Å²) in [6.45, 7) is 5.46. The number of piperazine rings is 1. The van der Waals surface area contributed by atoms with E-state index in [0.717, 1.165) is 65.0 Å². The summed E-state index contributed by atoms with van der Waals surface area (Å²) in [5.74, 6) is 0.325. The van der Waals surface area contributed by atoms with Crippen molar-refractivity contribution in [1.82, 2.24) is 9.80 Å². The molecule has 6 heteroatoms. The van der Waals surface area contributed by atoms with Crippen LogP contribution in [-0.2, 0) is 11.3 Å². The van der Waals surface area contributed by atoms with Crippen molar-refractivity contribution in [3.8, 4) is 0 Å². The van der Waals surface area contributed by atoms with E-state index in [1.54, 1.807) is 11.3 Å². The van der Waals surface area contributed by atoms with E-state index in [-0.39, 0.29) is 0 Å². The number of thiophene rings is 1. The Balaban J connectivity index is 1.62. The van der Waals surface area contributed by atoms with Crippen molar-refractivity contribution in [2.24, 2.45) is 5.73 Å². The van der Waals surface area contributed by atoms with Gasteiger partial charge >= 0.3 is 0 Å². The minimum absolute atomic E-state index is 0.325. The maximum Gasteiger partial charge on any atom is 0.222 e. The van der Waals surface area contributed by atoms with Gasteiger partial charge in [-0.2, -0.15) is 0 Å². The van der Waals surface area contributed by atoms with Crippen LogP contribution >= 0.6 is 27.3 Å². The third-order valence-corrected chi connectivity index (χ3v) is 5.69. The number of carbonyl (C=O) groups excluding carboxylic acids is 1. The van der Waals surface area contributed by atoms with Crippen molar-refractivity contribution in [1.29, 1.82) is 0 Å². The van der Waals surface area contributed by atoms with E-state index in [1.165, 1.54) is 8.66 Å². The topological polar surface area (TPSA) is 49.6 Å². The van der Waals surface area contributed by atoms with Gasteiger partial charge in [0.05, 0.1) is 3.79 Å². The molecule has 2 rings (SSSR count). The second-order valence-electron chi connectivity index (χ2n) is 5.82. The second-order valence-corrected chi connectivity index (χ2v) is 8.36. The van der Waals surface area contributed by atoms with Gasteiger partial charge in [-0.1, -0.05) is 12.8 Å². The van der Waals surface area contributed by atoms with Crippen LogP contribution in [0.15, 0.2) is 15.9 Å². The minimum atomic E-state index is 0.325. The lowest BCUT2D eigenvalue weighted by atomic mass is 10.1. The fourth-order valence-electron chi connectivity index (χ4n) is 2.74. The van der Waals surface area contributed by atoms with E-state index >= 15 is 0 Å². The molecule has 0 radical (unpaired) electrons. The van der Waals surface area contributed by atoms with E-state index in [2.05, 4.69) is 33.0 Å². The number of nitrogens with two attached hydrogens (primary N) is 1. The molecule has 0 spiro atoms. The van der Waals surface area contributed by atoms with Gasteiger partial charge in [0.2, 0.25) is 5.91 Å². The second kappa shape index (κ2) is 9.65. The zero-order chi connectivity index (χ0) is 15.8. The van der Waals surface area contributed by atoms with E-state index in [9.17, 15) is 4.79 Å². The van der Waals surface area contributed by atoms with Crippen LogP contribution in [0.3, 0.4) is 0 Å². The third kappa shape index (κ3) is 5.99. The van der Waals surface area contributed by atoms with Crippen LogP contribution in [0, 0.1) is 0 Å². The summed E-state index contributed by atoms with van der Waals surface area (Å²) in [6.07, 6.45) is 5.04. The van der Waals surface area contributed by atoms with Crippen LogP contribution in [0.2, 0.25) is 0 Å². The molecule has 1 aliphatic heterocycles. The molecule has 0 bridgehead atoms. The molecule has 0 aliphatic carbocycles. The molecule has 0 unspecified atom stereocenters. The van der Waals surface area contributed by atoms with Crippen LogP contribution in [0.5, 0.6) is 0 Å². The summed E-state index contributed by atoms with van der Waals surface area (Å²) in [4.78, 5) is 18.0. The Morgan fingerprint density at radius 1 is 1.14 bits per heavy atom. The molecule has 2 N–H and O–H groups in total. The Hall–Kier alpha value is -0.430. The van der Waals surface area contributed by atoms with Crippen LogP contribution in [0.25, 0.3) is 0 Å². The molecule has 1 aromatic rings. The maximum absolute atomic E-state index is 12.2. The fourth-order valence-corrected chi connectivity index (χ4v) is 4.27. The molecule has 1 saturated heterocycles. The van der Waals surface area contributed by atoms with E-state index < -0.39 is 0 Å². The SMILES string of the molecule is NCCCCCCC(=O)N1CCN(Cc2ccc(Br)s2)CC1. The Bertz CT molecular complexity index is 458. The monoisotopic (exact) mass is 387 g/mol. The average molecular weight is 388 g/mol. The maximum atomic E-state index is 12.2. The van der Waals surface area contributed by atoms with E-state index in [0.29, 0.717) is 12.3 Å². The fraction of sp³-hybridized carbons (Fsp3) is 0.688. The molecule has 1 amide bonds. The van der Waals surface area contributed by atoms with Gasteiger partial charge in [0, 0.05) is 44.0 Å². The van der Waals surface area contributed by atoms with Crippen molar-refractivity contribution < 1.29 is 4.79 Å². The quantitative estimate of drug-likeness (QED) is 0.697. The molecule has 1 fully saturated rings. The molecule has 4 nitrogen and oxygen atoms in total. The number of hydrogen-bond acceptors (Lipinski definition) is 4. The predicted octanol–water partition coefficient (Wildman–Crippen LogP) is 3.06. The van der Waals surface area contributed by atoms with Crippen molar-refractivity contribution in [2.45, 2.75) is 38.6 Å².